The summed E-state index contributed by atoms with van der Waals surface area (Å²) in [5.41, 5.74) is 1.39. The van der Waals surface area contributed by atoms with Gasteiger partial charge in [-0.2, -0.15) is 0 Å². The summed E-state index contributed by atoms with van der Waals surface area (Å²) in [6.07, 6.45) is 5.93. The Labute approximate surface area is 186 Å². The number of nitrogens with zero attached hydrogens (tertiary/aromatic N) is 2. The van der Waals surface area contributed by atoms with Crippen LogP contribution in [0.1, 0.15) is 74.8 Å². The quantitative estimate of drug-likeness (QED) is 0.614. The van der Waals surface area contributed by atoms with E-state index in [0.29, 0.717) is 47.1 Å². The Morgan fingerprint density at radius 1 is 1.26 bits per heavy atom. The molecule has 1 fully saturated rings. The van der Waals surface area contributed by atoms with E-state index in [9.17, 15) is 5.11 Å². The third-order valence-corrected chi connectivity index (χ3v) is 5.74. The molecule has 9 heteroatoms. The number of ether oxygens (including phenoxy) is 2. The summed E-state index contributed by atoms with van der Waals surface area (Å²) in [5, 5.41) is 16.8. The number of rotatable bonds is 8. The first-order valence-corrected chi connectivity index (χ1v) is 11.1. The number of aromatic nitrogens is 1. The topological polar surface area (TPSA) is 98.3 Å². The minimum Gasteiger partial charge on any atom is -0.486 e. The zero-order valence-corrected chi connectivity index (χ0v) is 18.6. The maximum atomic E-state index is 9.82. The SMILES string of the molecule is CCOCc1nc(C2CCCCC2)oc1COc1ccc(C2=NOC(C)(O)N2)c(Cl)c1. The van der Waals surface area contributed by atoms with Gasteiger partial charge in [0.25, 0.3) is 0 Å². The third-order valence-electron chi connectivity index (χ3n) is 5.42. The molecule has 2 aliphatic rings. The molecule has 0 spiro atoms. The van der Waals surface area contributed by atoms with Crippen LogP contribution >= 0.6 is 11.6 Å². The Balaban J connectivity index is 1.45. The zero-order valence-electron chi connectivity index (χ0n) is 17.8. The van der Waals surface area contributed by atoms with Crippen molar-refractivity contribution in [2.45, 2.75) is 71.0 Å². The highest BCUT2D eigenvalue weighted by Gasteiger charge is 2.31. The number of oxime groups is 1. The van der Waals surface area contributed by atoms with Gasteiger partial charge in [0.15, 0.2) is 17.5 Å². The predicted molar refractivity (Wildman–Crippen MR) is 115 cm³/mol. The molecule has 1 aliphatic carbocycles. The van der Waals surface area contributed by atoms with E-state index in [2.05, 4.69) is 10.5 Å². The lowest BCUT2D eigenvalue weighted by Gasteiger charge is -2.18. The lowest BCUT2D eigenvalue weighted by Crippen LogP contribution is -2.41. The molecule has 31 heavy (non-hydrogen) atoms. The van der Waals surface area contributed by atoms with Crippen LogP contribution in [0.25, 0.3) is 0 Å². The average molecular weight is 450 g/mol. The fourth-order valence-electron chi connectivity index (χ4n) is 3.79. The molecule has 1 aromatic carbocycles. The Morgan fingerprint density at radius 2 is 2.06 bits per heavy atom. The fourth-order valence-corrected chi connectivity index (χ4v) is 4.05. The lowest BCUT2D eigenvalue weighted by molar-refractivity contribution is -0.184. The van der Waals surface area contributed by atoms with E-state index in [0.717, 1.165) is 24.4 Å². The van der Waals surface area contributed by atoms with Crippen molar-refractivity contribution in [3.63, 3.8) is 0 Å². The standard InChI is InChI=1S/C22H28ClN3O5/c1-3-28-12-18-19(30-21(24-18)14-7-5-4-6-8-14)13-29-15-9-10-16(17(23)11-15)20-25-22(2,27)31-26-20/h9-11,14,27H,3-8,12-13H2,1-2H3,(H,25,26). The number of hydrogen-bond acceptors (Lipinski definition) is 8. The molecule has 1 unspecified atom stereocenters. The van der Waals surface area contributed by atoms with Gasteiger partial charge in [-0.05, 0) is 38.0 Å². The minimum absolute atomic E-state index is 0.231. The van der Waals surface area contributed by atoms with Gasteiger partial charge in [0.1, 0.15) is 18.1 Å². The van der Waals surface area contributed by atoms with Gasteiger partial charge in [-0.1, -0.05) is 36.0 Å². The van der Waals surface area contributed by atoms with Gasteiger partial charge in [0.05, 0.1) is 11.6 Å². The average Bonchev–Trinajstić information content (AvgIpc) is 3.34. The molecular weight excluding hydrogens is 422 g/mol. The maximum absolute atomic E-state index is 9.82. The lowest BCUT2D eigenvalue weighted by atomic mass is 9.89. The van der Waals surface area contributed by atoms with E-state index in [1.807, 2.05) is 6.92 Å². The van der Waals surface area contributed by atoms with Crippen molar-refractivity contribution in [2.24, 2.45) is 5.16 Å². The highest BCUT2D eigenvalue weighted by atomic mass is 35.5. The third kappa shape index (κ3) is 5.31. The van der Waals surface area contributed by atoms with Gasteiger partial charge in [0, 0.05) is 25.0 Å². The second-order valence-corrected chi connectivity index (χ2v) is 8.37. The van der Waals surface area contributed by atoms with E-state index >= 15 is 0 Å². The number of amidine groups is 1. The molecule has 2 heterocycles. The second kappa shape index (κ2) is 9.46. The largest absolute Gasteiger partial charge is 0.486 e. The van der Waals surface area contributed by atoms with E-state index in [1.165, 1.54) is 26.2 Å². The van der Waals surface area contributed by atoms with Crippen molar-refractivity contribution >= 4 is 17.4 Å². The summed E-state index contributed by atoms with van der Waals surface area (Å²) in [4.78, 5) is 9.63. The first kappa shape index (κ1) is 21.9. The van der Waals surface area contributed by atoms with Crippen LogP contribution in [0.15, 0.2) is 27.8 Å². The Morgan fingerprint density at radius 3 is 2.74 bits per heavy atom. The fraction of sp³-hybridized carbons (Fsp3) is 0.545. The number of benzene rings is 1. The molecular formula is C22H28ClN3O5. The van der Waals surface area contributed by atoms with E-state index in [-0.39, 0.29) is 6.61 Å². The van der Waals surface area contributed by atoms with Crippen LogP contribution in [0.2, 0.25) is 5.02 Å². The number of halogens is 1. The molecule has 1 aliphatic heterocycles. The summed E-state index contributed by atoms with van der Waals surface area (Å²) >= 11 is 6.40. The Hall–Kier alpha value is -2.29. The molecule has 0 amide bonds. The molecule has 1 aromatic heterocycles. The Kier molecular flexibility index (Phi) is 6.69. The van der Waals surface area contributed by atoms with Crippen molar-refractivity contribution in [2.75, 3.05) is 6.61 Å². The van der Waals surface area contributed by atoms with E-state index in [1.54, 1.807) is 18.2 Å². The normalized spacial score (nSPS) is 21.5. The minimum atomic E-state index is -1.55. The highest BCUT2D eigenvalue weighted by molar-refractivity contribution is 6.34. The van der Waals surface area contributed by atoms with Gasteiger partial charge in [-0.25, -0.2) is 4.98 Å². The van der Waals surface area contributed by atoms with E-state index in [4.69, 9.17) is 35.3 Å². The van der Waals surface area contributed by atoms with E-state index < -0.39 is 5.91 Å². The summed E-state index contributed by atoms with van der Waals surface area (Å²) in [6, 6.07) is 5.22. The van der Waals surface area contributed by atoms with Crippen LogP contribution in [-0.4, -0.2) is 28.4 Å². The molecule has 2 aromatic rings. The van der Waals surface area contributed by atoms with Crippen molar-refractivity contribution in [1.29, 1.82) is 0 Å². The van der Waals surface area contributed by atoms with Crippen LogP contribution in [0.4, 0.5) is 0 Å². The molecule has 168 valence electrons. The Bertz CT molecular complexity index is 937. The monoisotopic (exact) mass is 449 g/mol. The first-order chi connectivity index (χ1) is 14.9. The van der Waals surface area contributed by atoms with Gasteiger partial charge < -0.3 is 29.2 Å². The molecule has 1 atom stereocenters. The summed E-state index contributed by atoms with van der Waals surface area (Å²) in [7, 11) is 0. The number of aliphatic hydroxyl groups is 1. The first-order valence-electron chi connectivity index (χ1n) is 10.7. The van der Waals surface area contributed by atoms with Gasteiger partial charge in [-0.15, -0.1) is 0 Å². The van der Waals surface area contributed by atoms with Crippen molar-refractivity contribution in [1.82, 2.24) is 10.3 Å². The maximum Gasteiger partial charge on any atom is 0.312 e. The summed E-state index contributed by atoms with van der Waals surface area (Å²) in [5.74, 6) is 1.23. The van der Waals surface area contributed by atoms with Gasteiger partial charge >= 0.3 is 5.91 Å². The smallest absolute Gasteiger partial charge is 0.312 e. The van der Waals surface area contributed by atoms with Crippen molar-refractivity contribution in [3.8, 4) is 5.75 Å². The summed E-state index contributed by atoms with van der Waals surface area (Å²) in [6.45, 7) is 4.65. The number of nitrogens with one attached hydrogen (secondary N) is 1. The second-order valence-electron chi connectivity index (χ2n) is 7.96. The van der Waals surface area contributed by atoms with Crippen LogP contribution < -0.4 is 10.1 Å². The molecule has 0 radical (unpaired) electrons. The van der Waals surface area contributed by atoms with Crippen LogP contribution in [0, 0.1) is 0 Å². The van der Waals surface area contributed by atoms with Crippen LogP contribution in [-0.2, 0) is 22.8 Å². The molecule has 0 bridgehead atoms. The van der Waals surface area contributed by atoms with Gasteiger partial charge in [0.2, 0.25) is 0 Å². The van der Waals surface area contributed by atoms with Crippen molar-refractivity contribution in [3.05, 3.63) is 46.1 Å². The molecule has 4 rings (SSSR count). The number of oxazole rings is 1. The molecule has 1 saturated carbocycles. The van der Waals surface area contributed by atoms with Crippen LogP contribution in [0.3, 0.4) is 0 Å². The highest BCUT2D eigenvalue weighted by Crippen LogP contribution is 2.33. The summed E-state index contributed by atoms with van der Waals surface area (Å²) < 4.78 is 17.6. The molecule has 2 N–H and O–H groups in total. The van der Waals surface area contributed by atoms with Crippen molar-refractivity contribution < 1.29 is 23.8 Å². The van der Waals surface area contributed by atoms with Gasteiger partial charge in [-0.3, -0.25) is 0 Å². The zero-order chi connectivity index (χ0) is 21.8. The predicted octanol–water partition coefficient (Wildman–Crippen LogP) is 4.44. The molecule has 8 nitrogen and oxygen atoms in total. The molecule has 0 saturated heterocycles. The van der Waals surface area contributed by atoms with Crippen LogP contribution in [0.5, 0.6) is 5.75 Å². The number of hydrogen-bond donors (Lipinski definition) is 2.